The Morgan fingerprint density at radius 2 is 1.69 bits per heavy atom. The Balaban J connectivity index is 0.000000917. The summed E-state index contributed by atoms with van der Waals surface area (Å²) in [7, 11) is 0. The Hall–Kier alpha value is -4.99. The highest BCUT2D eigenvalue weighted by atomic mass is 19.1. The molecule has 0 atom stereocenters. The van der Waals surface area contributed by atoms with Gasteiger partial charge in [0.1, 0.15) is 11.6 Å². The highest BCUT2D eigenvalue weighted by Gasteiger charge is 2.18. The lowest BCUT2D eigenvalue weighted by Gasteiger charge is -2.08. The summed E-state index contributed by atoms with van der Waals surface area (Å²) in [6.45, 7) is -0.250. The molecule has 4 heterocycles. The average molecular weight is 470 g/mol. The summed E-state index contributed by atoms with van der Waals surface area (Å²) in [5, 5.41) is 9.69. The predicted molar refractivity (Wildman–Crippen MR) is 128 cm³/mol. The van der Waals surface area contributed by atoms with Gasteiger partial charge in [-0.1, -0.05) is 12.1 Å². The fourth-order valence-corrected chi connectivity index (χ4v) is 3.51. The number of carbonyl (C=O) groups excluding carboxylic acids is 1. The van der Waals surface area contributed by atoms with Gasteiger partial charge in [0, 0.05) is 30.4 Å². The molecule has 0 aliphatic heterocycles. The van der Waals surface area contributed by atoms with Crippen molar-refractivity contribution in [2.45, 2.75) is 6.42 Å². The van der Waals surface area contributed by atoms with Crippen molar-refractivity contribution in [1.82, 2.24) is 24.9 Å². The number of carboxylic acid groups (broad SMARTS) is 1. The van der Waals surface area contributed by atoms with Gasteiger partial charge in [-0.2, -0.15) is 0 Å². The molecule has 1 amide bonds. The molecule has 0 aliphatic rings. The van der Waals surface area contributed by atoms with Crippen LogP contribution in [0.4, 0.5) is 10.2 Å². The molecule has 0 radical (unpaired) electrons. The fourth-order valence-electron chi connectivity index (χ4n) is 3.51. The summed E-state index contributed by atoms with van der Waals surface area (Å²) in [6.07, 6.45) is 6.83. The Morgan fingerprint density at radius 3 is 2.43 bits per heavy atom. The van der Waals surface area contributed by atoms with E-state index in [2.05, 4.69) is 30.2 Å². The minimum absolute atomic E-state index is 0.117. The van der Waals surface area contributed by atoms with Crippen LogP contribution in [0.3, 0.4) is 0 Å². The van der Waals surface area contributed by atoms with E-state index in [1.165, 1.54) is 12.1 Å². The summed E-state index contributed by atoms with van der Waals surface area (Å²) in [4.78, 5) is 41.8. The third kappa shape index (κ3) is 5.50. The second-order valence-electron chi connectivity index (χ2n) is 7.23. The third-order valence-electron chi connectivity index (χ3n) is 4.94. The van der Waals surface area contributed by atoms with Gasteiger partial charge in [-0.05, 0) is 48.0 Å². The molecular weight excluding hydrogens is 451 g/mol. The largest absolute Gasteiger partial charge is 0.483 e. The molecular formula is C25H19FN6O3. The first-order valence-electron chi connectivity index (χ1n) is 10.4. The van der Waals surface area contributed by atoms with E-state index < -0.39 is 0 Å². The lowest BCUT2D eigenvalue weighted by molar-refractivity contribution is -0.123. The van der Waals surface area contributed by atoms with E-state index in [-0.39, 0.29) is 24.6 Å². The summed E-state index contributed by atoms with van der Waals surface area (Å²) < 4.78 is 13.1. The highest BCUT2D eigenvalue weighted by Crippen LogP contribution is 2.35. The van der Waals surface area contributed by atoms with Gasteiger partial charge in [-0.15, -0.1) is 0 Å². The second kappa shape index (κ2) is 10.8. The summed E-state index contributed by atoms with van der Waals surface area (Å²) in [5.41, 5.74) is 4.68. The van der Waals surface area contributed by atoms with Gasteiger partial charge in [0.2, 0.25) is 5.91 Å². The van der Waals surface area contributed by atoms with E-state index in [1.54, 1.807) is 49.1 Å². The van der Waals surface area contributed by atoms with Crippen LogP contribution in [0.2, 0.25) is 0 Å². The molecule has 0 spiro atoms. The lowest BCUT2D eigenvalue weighted by Crippen LogP contribution is -2.15. The van der Waals surface area contributed by atoms with E-state index in [0.29, 0.717) is 17.2 Å². The first-order chi connectivity index (χ1) is 17.1. The molecule has 0 saturated heterocycles. The van der Waals surface area contributed by atoms with Crippen molar-refractivity contribution in [1.29, 1.82) is 0 Å². The van der Waals surface area contributed by atoms with Crippen LogP contribution in [0, 0.1) is 5.82 Å². The van der Waals surface area contributed by atoms with Crippen LogP contribution >= 0.6 is 0 Å². The van der Waals surface area contributed by atoms with Gasteiger partial charge in [0.15, 0.2) is 5.82 Å². The van der Waals surface area contributed by atoms with Gasteiger partial charge < -0.3 is 15.4 Å². The van der Waals surface area contributed by atoms with E-state index in [0.717, 1.165) is 27.9 Å². The van der Waals surface area contributed by atoms with Gasteiger partial charge in [-0.3, -0.25) is 14.6 Å². The van der Waals surface area contributed by atoms with E-state index in [9.17, 15) is 9.18 Å². The topological polar surface area (TPSA) is 134 Å². The number of nitrogens with one attached hydrogen (secondary N) is 2. The van der Waals surface area contributed by atoms with Gasteiger partial charge in [0.05, 0.1) is 28.7 Å². The SMILES string of the molecule is O=C(Cc1ccc(F)cc1)Nc1cc(-c2[nH]c3cccnc3c2-c2ncccn2)ccn1.O=CO. The number of anilines is 1. The van der Waals surface area contributed by atoms with Crippen molar-refractivity contribution in [2.24, 2.45) is 0 Å². The molecule has 0 bridgehead atoms. The normalized spacial score (nSPS) is 10.3. The van der Waals surface area contributed by atoms with E-state index >= 15 is 0 Å². The summed E-state index contributed by atoms with van der Waals surface area (Å²) in [5.74, 6) is 0.369. The van der Waals surface area contributed by atoms with Crippen molar-refractivity contribution < 1.29 is 19.1 Å². The number of pyridine rings is 2. The number of rotatable bonds is 5. The molecule has 3 N–H and O–H groups in total. The lowest BCUT2D eigenvalue weighted by atomic mass is 10.1. The zero-order valence-corrected chi connectivity index (χ0v) is 18.2. The van der Waals surface area contributed by atoms with E-state index in [4.69, 9.17) is 9.90 Å². The number of fused-ring (bicyclic) bond motifs is 1. The van der Waals surface area contributed by atoms with Crippen LogP contribution < -0.4 is 5.32 Å². The van der Waals surface area contributed by atoms with Gasteiger partial charge in [-0.25, -0.2) is 19.3 Å². The molecule has 1 aromatic carbocycles. The number of nitrogens with zero attached hydrogens (tertiary/aromatic N) is 4. The third-order valence-corrected chi connectivity index (χ3v) is 4.94. The van der Waals surface area contributed by atoms with Crippen molar-refractivity contribution in [3.8, 4) is 22.6 Å². The molecule has 35 heavy (non-hydrogen) atoms. The van der Waals surface area contributed by atoms with Gasteiger partial charge in [0.25, 0.3) is 6.47 Å². The number of halogens is 1. The Morgan fingerprint density at radius 1 is 0.971 bits per heavy atom. The Labute approximate surface area is 198 Å². The van der Waals surface area contributed by atoms with Crippen LogP contribution in [-0.4, -0.2) is 42.4 Å². The Kier molecular flexibility index (Phi) is 7.12. The molecule has 174 valence electrons. The molecule has 5 aromatic rings. The number of aromatic amines is 1. The number of H-pyrrole nitrogens is 1. The first kappa shape index (κ1) is 23.2. The average Bonchev–Trinajstić information content (AvgIpc) is 3.26. The number of benzene rings is 1. The molecule has 5 rings (SSSR count). The van der Waals surface area contributed by atoms with Crippen LogP contribution in [0.15, 0.2) is 79.4 Å². The first-order valence-corrected chi connectivity index (χ1v) is 10.4. The number of hydrogen-bond acceptors (Lipinski definition) is 6. The van der Waals surface area contributed by atoms with Crippen LogP contribution in [0.5, 0.6) is 0 Å². The molecule has 0 saturated carbocycles. The molecule has 0 aliphatic carbocycles. The number of aromatic nitrogens is 5. The van der Waals surface area contributed by atoms with Crippen molar-refractivity contribution in [3.63, 3.8) is 0 Å². The van der Waals surface area contributed by atoms with Crippen LogP contribution in [0.25, 0.3) is 33.7 Å². The minimum atomic E-state index is -0.338. The molecule has 9 nitrogen and oxygen atoms in total. The number of carbonyl (C=O) groups is 2. The standard InChI is InChI=1S/C24H17FN6O.CH2O2/c25-17-6-4-15(5-7-17)13-20(32)31-19-14-16(8-12-26-19)22-21(24-28-10-2-11-29-24)23-18(30-22)3-1-9-27-23;2-1-3/h1-12,14,30H,13H2,(H,26,31,32);1H,(H,2,3). The van der Waals surface area contributed by atoms with E-state index in [1.807, 2.05) is 18.2 Å². The molecule has 0 unspecified atom stereocenters. The van der Waals surface area contributed by atoms with Crippen molar-refractivity contribution in [2.75, 3.05) is 5.32 Å². The summed E-state index contributed by atoms with van der Waals surface area (Å²) >= 11 is 0. The van der Waals surface area contributed by atoms with Crippen LogP contribution in [0.1, 0.15) is 5.56 Å². The minimum Gasteiger partial charge on any atom is -0.483 e. The predicted octanol–water partition coefficient (Wildman–Crippen LogP) is 4.10. The zero-order valence-electron chi connectivity index (χ0n) is 18.2. The number of amides is 1. The molecule has 10 heteroatoms. The van der Waals surface area contributed by atoms with Crippen LogP contribution in [-0.2, 0) is 16.0 Å². The maximum atomic E-state index is 13.1. The Bertz CT molecular complexity index is 1460. The quantitative estimate of drug-likeness (QED) is 0.329. The molecule has 4 aromatic heterocycles. The number of hydrogen-bond donors (Lipinski definition) is 3. The van der Waals surface area contributed by atoms with Crippen molar-refractivity contribution in [3.05, 3.63) is 90.8 Å². The summed E-state index contributed by atoms with van der Waals surface area (Å²) in [6, 6.07) is 15.0. The molecule has 0 fully saturated rings. The smallest absolute Gasteiger partial charge is 0.290 e. The second-order valence-corrected chi connectivity index (χ2v) is 7.23. The maximum absolute atomic E-state index is 13.1. The maximum Gasteiger partial charge on any atom is 0.290 e. The zero-order chi connectivity index (χ0) is 24.6. The fraction of sp³-hybridized carbons (Fsp3) is 0.0400. The highest BCUT2D eigenvalue weighted by molar-refractivity contribution is 6.00. The van der Waals surface area contributed by atoms with Gasteiger partial charge >= 0.3 is 0 Å². The monoisotopic (exact) mass is 470 g/mol. The van der Waals surface area contributed by atoms with Crippen molar-refractivity contribution >= 4 is 29.2 Å².